The van der Waals surface area contributed by atoms with Gasteiger partial charge in [-0.3, -0.25) is 10.1 Å². The van der Waals surface area contributed by atoms with Crippen LogP contribution in [0.4, 0.5) is 5.69 Å². The summed E-state index contributed by atoms with van der Waals surface area (Å²) in [6.45, 7) is 5.48. The minimum absolute atomic E-state index is 0.0893. The van der Waals surface area contributed by atoms with Gasteiger partial charge in [0.05, 0.1) is 28.5 Å². The smallest absolute Gasteiger partial charge is 0.335 e. The Labute approximate surface area is 156 Å². The van der Waals surface area contributed by atoms with Gasteiger partial charge in [0, 0.05) is 12.1 Å². The Kier molecular flexibility index (Phi) is 6.09. The molecule has 0 radical (unpaired) electrons. The van der Waals surface area contributed by atoms with Crippen LogP contribution >= 0.6 is 0 Å². The molecule has 2 aromatic carbocycles. The number of nitrogens with zero attached hydrogens (tertiary/aromatic N) is 1. The van der Waals surface area contributed by atoms with Crippen molar-refractivity contribution < 1.29 is 22.9 Å². The first-order valence-corrected chi connectivity index (χ1v) is 9.24. The summed E-state index contributed by atoms with van der Waals surface area (Å²) in [5.41, 5.74) is 1.05. The van der Waals surface area contributed by atoms with E-state index in [9.17, 15) is 23.3 Å². The third kappa shape index (κ3) is 4.78. The molecule has 0 heterocycles. The van der Waals surface area contributed by atoms with Gasteiger partial charge in [-0.2, -0.15) is 4.72 Å². The van der Waals surface area contributed by atoms with E-state index >= 15 is 0 Å². The fraction of sp³-hybridized carbons (Fsp3) is 0.167. The number of sulfonamides is 1. The molecule has 1 atom stereocenters. The number of aryl methyl sites for hydroxylation is 1. The quantitative estimate of drug-likeness (QED) is 0.336. The number of non-ortho nitro benzene ring substituents is 1. The summed E-state index contributed by atoms with van der Waals surface area (Å²) in [6.07, 6.45) is 0. The molecule has 2 rings (SSSR count). The molecule has 9 heteroatoms. The average molecular weight is 390 g/mol. The molecule has 0 aromatic heterocycles. The maximum absolute atomic E-state index is 12.7. The zero-order valence-electron chi connectivity index (χ0n) is 14.7. The number of carbonyl (C=O) groups excluding carboxylic acids is 1. The van der Waals surface area contributed by atoms with Gasteiger partial charge in [0.25, 0.3) is 5.69 Å². The van der Waals surface area contributed by atoms with Crippen molar-refractivity contribution in [3.8, 4) is 0 Å². The Bertz CT molecular complexity index is 983. The molecular weight excluding hydrogens is 372 g/mol. The molecule has 0 aliphatic heterocycles. The third-order valence-corrected chi connectivity index (χ3v) is 5.24. The lowest BCUT2D eigenvalue weighted by Gasteiger charge is -2.20. The highest BCUT2D eigenvalue weighted by molar-refractivity contribution is 7.89. The van der Waals surface area contributed by atoms with E-state index in [4.69, 9.17) is 0 Å². The van der Waals surface area contributed by atoms with Crippen molar-refractivity contribution in [1.82, 2.24) is 4.72 Å². The fourth-order valence-electron chi connectivity index (χ4n) is 2.41. The van der Waals surface area contributed by atoms with Gasteiger partial charge in [-0.05, 0) is 24.6 Å². The van der Waals surface area contributed by atoms with Crippen molar-refractivity contribution in [2.75, 3.05) is 7.11 Å². The first-order valence-electron chi connectivity index (χ1n) is 7.76. The summed E-state index contributed by atoms with van der Waals surface area (Å²) < 4.78 is 32.5. The van der Waals surface area contributed by atoms with Crippen LogP contribution in [0.15, 0.2) is 65.6 Å². The lowest BCUT2D eigenvalue weighted by atomic mass is 9.99. The van der Waals surface area contributed by atoms with E-state index in [1.807, 2.05) is 13.0 Å². The fourth-order valence-corrected chi connectivity index (χ4v) is 3.63. The van der Waals surface area contributed by atoms with E-state index in [0.29, 0.717) is 5.56 Å². The van der Waals surface area contributed by atoms with E-state index in [2.05, 4.69) is 16.0 Å². The number of nitro groups is 1. The predicted octanol–water partition coefficient (Wildman–Crippen LogP) is 2.65. The SMILES string of the molecule is C=C(C(=O)OC)[C@@H](NS(=O)(=O)c1ccc([N+](=O)[O-])cc1)c1cccc(C)c1. The van der Waals surface area contributed by atoms with Crippen molar-refractivity contribution in [2.45, 2.75) is 17.9 Å². The molecule has 142 valence electrons. The highest BCUT2D eigenvalue weighted by atomic mass is 32.2. The number of rotatable bonds is 7. The van der Waals surface area contributed by atoms with Gasteiger partial charge in [-0.25, -0.2) is 13.2 Å². The van der Waals surface area contributed by atoms with Gasteiger partial charge >= 0.3 is 5.97 Å². The number of carbonyl (C=O) groups is 1. The predicted molar refractivity (Wildman–Crippen MR) is 98.5 cm³/mol. The Morgan fingerprint density at radius 1 is 1.22 bits per heavy atom. The van der Waals surface area contributed by atoms with Crippen molar-refractivity contribution in [1.29, 1.82) is 0 Å². The van der Waals surface area contributed by atoms with Crippen LogP contribution in [0.2, 0.25) is 0 Å². The van der Waals surface area contributed by atoms with Crippen LogP contribution in [0.25, 0.3) is 0 Å². The molecule has 0 bridgehead atoms. The molecule has 0 fully saturated rings. The third-order valence-electron chi connectivity index (χ3n) is 3.80. The van der Waals surface area contributed by atoms with Gasteiger partial charge in [0.2, 0.25) is 10.0 Å². The summed E-state index contributed by atoms with van der Waals surface area (Å²) in [5.74, 6) is -0.757. The Balaban J connectivity index is 2.42. The first kappa shape index (κ1) is 20.3. The molecule has 8 nitrogen and oxygen atoms in total. The first-order chi connectivity index (χ1) is 12.7. The number of nitro benzene ring substituents is 1. The molecule has 1 N–H and O–H groups in total. The summed E-state index contributed by atoms with van der Waals surface area (Å²) in [7, 11) is -2.92. The Morgan fingerprint density at radius 3 is 2.37 bits per heavy atom. The second-order valence-electron chi connectivity index (χ2n) is 5.74. The van der Waals surface area contributed by atoms with E-state index in [1.165, 1.54) is 7.11 Å². The minimum atomic E-state index is -4.09. The van der Waals surface area contributed by atoms with Crippen molar-refractivity contribution >= 4 is 21.7 Å². The Hall–Kier alpha value is -3.04. The molecule has 0 unspecified atom stereocenters. The highest BCUT2D eigenvalue weighted by Gasteiger charge is 2.28. The maximum Gasteiger partial charge on any atom is 0.335 e. The maximum atomic E-state index is 12.7. The lowest BCUT2D eigenvalue weighted by molar-refractivity contribution is -0.384. The zero-order chi connectivity index (χ0) is 20.2. The molecule has 0 aliphatic rings. The summed E-state index contributed by atoms with van der Waals surface area (Å²) >= 11 is 0. The van der Waals surface area contributed by atoms with Gasteiger partial charge < -0.3 is 4.74 Å². The summed E-state index contributed by atoms with van der Waals surface area (Å²) in [4.78, 5) is 21.8. The Morgan fingerprint density at radius 2 is 1.85 bits per heavy atom. The molecule has 0 saturated heterocycles. The van der Waals surface area contributed by atoms with Crippen molar-refractivity contribution in [2.24, 2.45) is 0 Å². The van der Waals surface area contributed by atoms with Gasteiger partial charge in [-0.1, -0.05) is 36.4 Å². The van der Waals surface area contributed by atoms with E-state index in [1.54, 1.807) is 18.2 Å². The number of hydrogen-bond donors (Lipinski definition) is 1. The molecular formula is C18H18N2O6S. The van der Waals surface area contributed by atoms with Gasteiger partial charge in [-0.15, -0.1) is 0 Å². The summed E-state index contributed by atoms with van der Waals surface area (Å²) in [5, 5.41) is 10.7. The number of hydrogen-bond acceptors (Lipinski definition) is 6. The second-order valence-corrected chi connectivity index (χ2v) is 7.45. The number of benzene rings is 2. The van der Waals surface area contributed by atoms with Crippen LogP contribution in [0.3, 0.4) is 0 Å². The molecule has 2 aromatic rings. The van der Waals surface area contributed by atoms with Crippen molar-refractivity contribution in [3.63, 3.8) is 0 Å². The number of ether oxygens (including phenoxy) is 1. The second kappa shape index (κ2) is 8.11. The van der Waals surface area contributed by atoms with E-state index in [0.717, 1.165) is 29.8 Å². The standard InChI is InChI=1S/C18H18N2O6S/c1-12-5-4-6-14(11-12)17(13(2)18(21)26-3)19-27(24,25)16-9-7-15(8-10-16)20(22)23/h4-11,17,19H,2H2,1,3H3/t17-/m1/s1. The number of nitrogens with one attached hydrogen (secondary N) is 1. The van der Waals surface area contributed by atoms with Crippen LogP contribution in [0.1, 0.15) is 17.2 Å². The lowest BCUT2D eigenvalue weighted by Crippen LogP contribution is -2.32. The van der Waals surface area contributed by atoms with Crippen LogP contribution < -0.4 is 4.72 Å². The van der Waals surface area contributed by atoms with Crippen LogP contribution in [0.5, 0.6) is 0 Å². The number of methoxy groups -OCH3 is 1. The van der Waals surface area contributed by atoms with E-state index in [-0.39, 0.29) is 16.2 Å². The zero-order valence-corrected chi connectivity index (χ0v) is 15.5. The van der Waals surface area contributed by atoms with Crippen molar-refractivity contribution in [3.05, 3.63) is 81.9 Å². The van der Waals surface area contributed by atoms with Gasteiger partial charge in [0.1, 0.15) is 0 Å². The molecule has 0 saturated carbocycles. The largest absolute Gasteiger partial charge is 0.466 e. The molecule has 0 amide bonds. The molecule has 0 spiro atoms. The molecule has 0 aliphatic carbocycles. The topological polar surface area (TPSA) is 116 Å². The average Bonchev–Trinajstić information content (AvgIpc) is 2.65. The van der Waals surface area contributed by atoms with Crippen LogP contribution in [-0.4, -0.2) is 26.4 Å². The highest BCUT2D eigenvalue weighted by Crippen LogP contribution is 2.25. The monoisotopic (exact) mass is 390 g/mol. The minimum Gasteiger partial charge on any atom is -0.466 e. The summed E-state index contributed by atoms with van der Waals surface area (Å²) in [6, 6.07) is 10.3. The van der Waals surface area contributed by atoms with Crippen LogP contribution in [0, 0.1) is 17.0 Å². The molecule has 27 heavy (non-hydrogen) atoms. The van der Waals surface area contributed by atoms with Gasteiger partial charge in [0.15, 0.2) is 0 Å². The van der Waals surface area contributed by atoms with Crippen LogP contribution in [-0.2, 0) is 19.6 Å². The normalized spacial score (nSPS) is 12.2. The number of esters is 1. The van der Waals surface area contributed by atoms with E-state index < -0.39 is 27.0 Å².